The van der Waals surface area contributed by atoms with Gasteiger partial charge in [-0.3, -0.25) is 9.52 Å². The van der Waals surface area contributed by atoms with Crippen LogP contribution in [0.15, 0.2) is 113 Å². The predicted octanol–water partition coefficient (Wildman–Crippen LogP) is 7.71. The highest BCUT2D eigenvalue weighted by molar-refractivity contribution is 7.92. The second-order valence-electron chi connectivity index (χ2n) is 12.4. The molecule has 4 aromatic carbocycles. The van der Waals surface area contributed by atoms with Crippen LogP contribution in [0.25, 0.3) is 6.08 Å². The molecule has 2 aliphatic rings. The zero-order valence-electron chi connectivity index (χ0n) is 26.9. The maximum Gasteiger partial charge on any atom is 0.274 e. The maximum atomic E-state index is 14.3. The van der Waals surface area contributed by atoms with Gasteiger partial charge >= 0.3 is 0 Å². The molecular formula is C37H38ClN5O3S. The molecule has 1 N–H and O–H groups in total. The summed E-state index contributed by atoms with van der Waals surface area (Å²) in [6.45, 7) is 0. The number of halogens is 1. The molecule has 0 saturated heterocycles. The molecule has 1 amide bonds. The van der Waals surface area contributed by atoms with Gasteiger partial charge in [-0.2, -0.15) is 5.10 Å². The Kier molecular flexibility index (Phi) is 9.12. The number of hydrogen-bond acceptors (Lipinski definition) is 6. The highest BCUT2D eigenvalue weighted by atomic mass is 35.5. The average Bonchev–Trinajstić information content (AvgIpc) is 3.46. The van der Waals surface area contributed by atoms with E-state index in [1.807, 2.05) is 33.1 Å². The van der Waals surface area contributed by atoms with Gasteiger partial charge in [0.1, 0.15) is 0 Å². The second kappa shape index (κ2) is 13.3. The molecule has 242 valence electrons. The van der Waals surface area contributed by atoms with Crippen LogP contribution in [0.5, 0.6) is 0 Å². The van der Waals surface area contributed by atoms with Crippen LogP contribution in [0.4, 0.5) is 17.1 Å². The molecular weight excluding hydrogens is 630 g/mol. The number of anilines is 3. The third-order valence-electron chi connectivity index (χ3n) is 8.70. The predicted molar refractivity (Wildman–Crippen MR) is 192 cm³/mol. The molecule has 1 fully saturated rings. The lowest BCUT2D eigenvalue weighted by Crippen LogP contribution is -2.32. The van der Waals surface area contributed by atoms with Gasteiger partial charge in [0.25, 0.3) is 15.9 Å². The summed E-state index contributed by atoms with van der Waals surface area (Å²) >= 11 is 5.97. The first kappa shape index (κ1) is 32.3. The molecule has 0 bridgehead atoms. The lowest BCUT2D eigenvalue weighted by Gasteiger charge is -2.30. The summed E-state index contributed by atoms with van der Waals surface area (Å²) in [6.07, 6.45) is 4.91. The van der Waals surface area contributed by atoms with Crippen molar-refractivity contribution >= 4 is 56.4 Å². The van der Waals surface area contributed by atoms with Gasteiger partial charge in [0.15, 0.2) is 0 Å². The number of nitrogens with zero attached hydrogens (tertiary/aromatic N) is 4. The molecule has 4 aromatic rings. The Bertz CT molecular complexity index is 1940. The monoisotopic (exact) mass is 667 g/mol. The van der Waals surface area contributed by atoms with Gasteiger partial charge in [0.05, 0.1) is 16.6 Å². The van der Waals surface area contributed by atoms with Gasteiger partial charge in [-0.25, -0.2) is 13.4 Å². The number of nitrogens with one attached hydrogen (secondary N) is 1. The van der Waals surface area contributed by atoms with Crippen LogP contribution in [0.3, 0.4) is 0 Å². The topological polar surface area (TPSA) is 85.3 Å². The van der Waals surface area contributed by atoms with Crippen LogP contribution in [0.1, 0.15) is 46.8 Å². The molecule has 1 aliphatic carbocycles. The van der Waals surface area contributed by atoms with E-state index in [2.05, 4.69) is 64.2 Å². The van der Waals surface area contributed by atoms with E-state index >= 15 is 0 Å². The molecule has 0 spiro atoms. The van der Waals surface area contributed by atoms with Gasteiger partial charge in [-0.1, -0.05) is 41.9 Å². The molecule has 10 heteroatoms. The van der Waals surface area contributed by atoms with Crippen molar-refractivity contribution in [3.8, 4) is 0 Å². The SMILES string of the molecule is CN(C)c1ccc(/C=C2\CCC[C@H]3C2=NN(C(=O)c2cccc(S(=O)(=O)Nc4ccc(Cl)cc4)c2)[C@H]3c2ccc(N(C)C)cc2)cc1. The number of hydrazone groups is 1. The number of hydrogen-bond donors (Lipinski definition) is 1. The third-order valence-corrected chi connectivity index (χ3v) is 10.3. The van der Waals surface area contributed by atoms with Gasteiger partial charge < -0.3 is 9.80 Å². The first-order chi connectivity index (χ1) is 22.5. The van der Waals surface area contributed by atoms with Gasteiger partial charge in [-0.15, -0.1) is 0 Å². The van der Waals surface area contributed by atoms with Crippen molar-refractivity contribution in [2.24, 2.45) is 11.0 Å². The van der Waals surface area contributed by atoms with Crippen molar-refractivity contribution in [1.29, 1.82) is 0 Å². The van der Waals surface area contributed by atoms with Crippen molar-refractivity contribution in [1.82, 2.24) is 5.01 Å². The van der Waals surface area contributed by atoms with E-state index in [0.29, 0.717) is 10.7 Å². The summed E-state index contributed by atoms with van der Waals surface area (Å²) in [5.41, 5.74) is 6.89. The quantitative estimate of drug-likeness (QED) is 0.208. The summed E-state index contributed by atoms with van der Waals surface area (Å²) in [5.74, 6) is -0.351. The Morgan fingerprint density at radius 3 is 2.17 bits per heavy atom. The molecule has 1 aliphatic heterocycles. The Hall–Kier alpha value is -4.60. The van der Waals surface area contributed by atoms with E-state index < -0.39 is 10.0 Å². The Morgan fingerprint density at radius 1 is 0.894 bits per heavy atom. The van der Waals surface area contributed by atoms with Crippen molar-refractivity contribution in [3.05, 3.63) is 124 Å². The van der Waals surface area contributed by atoms with Gasteiger partial charge in [0.2, 0.25) is 0 Å². The minimum absolute atomic E-state index is 0.00342. The fourth-order valence-electron chi connectivity index (χ4n) is 6.20. The Labute approximate surface area is 282 Å². The minimum Gasteiger partial charge on any atom is -0.378 e. The smallest absolute Gasteiger partial charge is 0.274 e. The number of benzene rings is 4. The molecule has 1 heterocycles. The fourth-order valence-corrected chi connectivity index (χ4v) is 7.43. The van der Waals surface area contributed by atoms with Crippen molar-refractivity contribution in [2.45, 2.75) is 30.2 Å². The fraction of sp³-hybridized carbons (Fsp3) is 0.243. The first-order valence-electron chi connectivity index (χ1n) is 15.6. The maximum absolute atomic E-state index is 14.3. The number of rotatable bonds is 8. The van der Waals surface area contributed by atoms with Gasteiger partial charge in [-0.05, 0) is 109 Å². The molecule has 8 nitrogen and oxygen atoms in total. The second-order valence-corrected chi connectivity index (χ2v) is 14.5. The van der Waals surface area contributed by atoms with E-state index in [1.165, 1.54) is 12.1 Å². The molecule has 0 unspecified atom stereocenters. The third kappa shape index (κ3) is 6.92. The van der Waals surface area contributed by atoms with E-state index in [9.17, 15) is 13.2 Å². The van der Waals surface area contributed by atoms with E-state index in [1.54, 1.807) is 41.4 Å². The highest BCUT2D eigenvalue weighted by Crippen LogP contribution is 2.45. The summed E-state index contributed by atoms with van der Waals surface area (Å²) in [7, 11) is 4.05. The van der Waals surface area contributed by atoms with Crippen LogP contribution < -0.4 is 14.5 Å². The summed E-state index contributed by atoms with van der Waals surface area (Å²) < 4.78 is 29.2. The Morgan fingerprint density at radius 2 is 1.53 bits per heavy atom. The van der Waals surface area contributed by atoms with Crippen LogP contribution in [0, 0.1) is 5.92 Å². The number of amides is 1. The average molecular weight is 668 g/mol. The van der Waals surface area contributed by atoms with Crippen molar-refractivity contribution in [3.63, 3.8) is 0 Å². The summed E-state index contributed by atoms with van der Waals surface area (Å²) in [4.78, 5) is 18.4. The molecule has 47 heavy (non-hydrogen) atoms. The molecule has 2 atom stereocenters. The zero-order valence-corrected chi connectivity index (χ0v) is 28.5. The number of fused-ring (bicyclic) bond motifs is 1. The number of allylic oxidation sites excluding steroid dienone is 1. The summed E-state index contributed by atoms with van der Waals surface area (Å²) in [6, 6.07) is 28.8. The van der Waals surface area contributed by atoms with Crippen LogP contribution in [0.2, 0.25) is 5.02 Å². The normalized spacial score (nSPS) is 18.4. The Balaban J connectivity index is 1.37. The van der Waals surface area contributed by atoms with Crippen LogP contribution >= 0.6 is 11.6 Å². The molecule has 0 radical (unpaired) electrons. The highest BCUT2D eigenvalue weighted by Gasteiger charge is 2.44. The largest absolute Gasteiger partial charge is 0.378 e. The van der Waals surface area contributed by atoms with Gasteiger partial charge in [0, 0.05) is 61.8 Å². The molecule has 6 rings (SSSR count). The number of carbonyl (C=O) groups is 1. The van der Waals surface area contributed by atoms with Crippen LogP contribution in [-0.4, -0.2) is 53.2 Å². The van der Waals surface area contributed by atoms with E-state index in [0.717, 1.165) is 53.0 Å². The zero-order chi connectivity index (χ0) is 33.3. The van der Waals surface area contributed by atoms with E-state index in [4.69, 9.17) is 16.7 Å². The summed E-state index contributed by atoms with van der Waals surface area (Å²) in [5, 5.41) is 7.10. The first-order valence-corrected chi connectivity index (χ1v) is 17.4. The van der Waals surface area contributed by atoms with Crippen molar-refractivity contribution in [2.75, 3.05) is 42.7 Å². The minimum atomic E-state index is -3.97. The molecule has 1 saturated carbocycles. The van der Waals surface area contributed by atoms with Crippen LogP contribution in [-0.2, 0) is 10.0 Å². The van der Waals surface area contributed by atoms with Crippen molar-refractivity contribution < 1.29 is 13.2 Å². The lowest BCUT2D eigenvalue weighted by atomic mass is 9.77. The lowest BCUT2D eigenvalue weighted by molar-refractivity contribution is 0.0680. The number of carbonyl (C=O) groups excluding carboxylic acids is 1. The standard InChI is InChI=1S/C37H38ClN5O3S/c1-41(2)31-19-11-25(12-20-31)23-27-7-6-10-34-35(27)39-43(36(34)26-13-21-32(22-14-26)42(3)4)37(44)28-8-5-9-33(24-28)47(45,46)40-30-17-15-29(38)16-18-30/h5,8-9,11-24,34,36,40H,6-7,10H2,1-4H3/b27-23+/t34-,36-/m0/s1. The molecule has 0 aromatic heterocycles. The van der Waals surface area contributed by atoms with E-state index in [-0.39, 0.29) is 28.3 Å². The number of sulfonamides is 1.